The Morgan fingerprint density at radius 3 is 2.95 bits per heavy atom. The zero-order valence-corrected chi connectivity index (χ0v) is 11.1. The second kappa shape index (κ2) is 5.08. The Hall–Kier alpha value is -1.76. The fraction of sp³-hybridized carbons (Fsp3) is 0.600. The van der Waals surface area contributed by atoms with E-state index in [-0.39, 0.29) is 0 Å². The maximum absolute atomic E-state index is 9.08. The molecule has 0 spiro atoms. The van der Waals surface area contributed by atoms with Gasteiger partial charge in [-0.1, -0.05) is 12.8 Å². The number of hydrogen-bond acceptors (Lipinski definition) is 4. The van der Waals surface area contributed by atoms with Gasteiger partial charge in [-0.2, -0.15) is 5.26 Å². The van der Waals surface area contributed by atoms with Gasteiger partial charge >= 0.3 is 0 Å². The lowest BCUT2D eigenvalue weighted by Gasteiger charge is -2.29. The molecule has 1 fully saturated rings. The molecule has 19 heavy (non-hydrogen) atoms. The van der Waals surface area contributed by atoms with Gasteiger partial charge in [-0.25, -0.2) is 4.98 Å². The van der Waals surface area contributed by atoms with Gasteiger partial charge in [0.15, 0.2) is 5.69 Å². The zero-order chi connectivity index (χ0) is 13.2. The minimum Gasteiger partial charge on any atom is -0.491 e. The Morgan fingerprint density at radius 2 is 2.11 bits per heavy atom. The highest BCUT2D eigenvalue weighted by Gasteiger charge is 2.27. The molecule has 100 valence electrons. The van der Waals surface area contributed by atoms with Crippen molar-refractivity contribution in [2.45, 2.75) is 44.4 Å². The summed E-state index contributed by atoms with van der Waals surface area (Å²) < 4.78 is 5.93. The van der Waals surface area contributed by atoms with Crippen LogP contribution in [0.25, 0.3) is 0 Å². The predicted molar refractivity (Wildman–Crippen MR) is 72.8 cm³/mol. The van der Waals surface area contributed by atoms with Crippen molar-refractivity contribution in [1.29, 1.82) is 5.26 Å². The van der Waals surface area contributed by atoms with E-state index in [1.807, 2.05) is 0 Å². The predicted octanol–water partition coefficient (Wildman–Crippen LogP) is 2.98. The summed E-state index contributed by atoms with van der Waals surface area (Å²) in [4.78, 5) is 4.47. The number of rotatable bonds is 0. The van der Waals surface area contributed by atoms with E-state index in [1.165, 1.54) is 25.7 Å². The summed E-state index contributed by atoms with van der Waals surface area (Å²) in [5.41, 5.74) is 7.56. The minimum absolute atomic E-state index is 0.335. The fourth-order valence-electron chi connectivity index (χ4n) is 3.22. The first-order chi connectivity index (χ1) is 9.28. The molecule has 2 heterocycles. The molecule has 2 bridgehead atoms. The Bertz CT molecular complexity index is 521. The third-order valence-electron chi connectivity index (χ3n) is 4.35. The molecule has 1 aromatic rings. The van der Waals surface area contributed by atoms with Gasteiger partial charge in [0.2, 0.25) is 0 Å². The van der Waals surface area contributed by atoms with Gasteiger partial charge in [-0.3, -0.25) is 0 Å². The Balaban J connectivity index is 2.04. The van der Waals surface area contributed by atoms with Crippen LogP contribution < -0.4 is 10.5 Å². The molecule has 2 N–H and O–H groups in total. The fourth-order valence-corrected chi connectivity index (χ4v) is 3.22. The number of nitrogens with two attached hydrogens (primary N) is 1. The molecule has 0 saturated heterocycles. The first-order valence-corrected chi connectivity index (χ1v) is 7.11. The summed E-state index contributed by atoms with van der Waals surface area (Å²) >= 11 is 0. The monoisotopic (exact) mass is 257 g/mol. The van der Waals surface area contributed by atoms with E-state index >= 15 is 0 Å². The Labute approximate surface area is 113 Å². The van der Waals surface area contributed by atoms with Gasteiger partial charge in [-0.05, 0) is 31.6 Å². The second-order valence-electron chi connectivity index (χ2n) is 5.66. The molecule has 1 saturated carbocycles. The first-order valence-electron chi connectivity index (χ1n) is 7.11. The number of nitriles is 1. The van der Waals surface area contributed by atoms with Crippen molar-refractivity contribution in [3.05, 3.63) is 17.5 Å². The van der Waals surface area contributed by atoms with Gasteiger partial charge in [0.05, 0.1) is 18.0 Å². The normalized spacial score (nSPS) is 26.1. The van der Waals surface area contributed by atoms with E-state index in [2.05, 4.69) is 11.1 Å². The first kappa shape index (κ1) is 12.3. The van der Waals surface area contributed by atoms with E-state index in [4.69, 9.17) is 15.7 Å². The summed E-state index contributed by atoms with van der Waals surface area (Å²) in [6.45, 7) is 0.757. The average molecular weight is 257 g/mol. The van der Waals surface area contributed by atoms with Crippen LogP contribution in [0.2, 0.25) is 0 Å². The third kappa shape index (κ3) is 2.37. The van der Waals surface area contributed by atoms with Crippen LogP contribution in [0.3, 0.4) is 0 Å². The molecule has 1 aromatic heterocycles. The van der Waals surface area contributed by atoms with Gasteiger partial charge < -0.3 is 10.5 Å². The van der Waals surface area contributed by atoms with Crippen LogP contribution in [0.5, 0.6) is 5.75 Å². The van der Waals surface area contributed by atoms with E-state index in [0.29, 0.717) is 23.2 Å². The molecule has 2 aliphatic rings. The lowest BCUT2D eigenvalue weighted by Crippen LogP contribution is -2.21. The van der Waals surface area contributed by atoms with Crippen molar-refractivity contribution in [1.82, 2.24) is 4.98 Å². The number of pyridine rings is 1. The number of hydrogen-bond donors (Lipinski definition) is 1. The third-order valence-corrected chi connectivity index (χ3v) is 4.35. The number of nitrogens with zero attached hydrogens (tertiary/aromatic N) is 2. The largest absolute Gasteiger partial charge is 0.491 e. The van der Waals surface area contributed by atoms with Crippen molar-refractivity contribution >= 4 is 5.69 Å². The SMILES string of the molecule is N#Cc1nc2c(cc1N)OCC1CCCCC2CC1. The number of ether oxygens (including phenoxy) is 1. The topological polar surface area (TPSA) is 71.9 Å². The summed E-state index contributed by atoms with van der Waals surface area (Å²) in [6.07, 6.45) is 7.29. The summed E-state index contributed by atoms with van der Waals surface area (Å²) in [7, 11) is 0. The molecular weight excluding hydrogens is 238 g/mol. The van der Waals surface area contributed by atoms with Crippen LogP contribution in [0.1, 0.15) is 55.8 Å². The van der Waals surface area contributed by atoms with E-state index < -0.39 is 0 Å². The van der Waals surface area contributed by atoms with Crippen molar-refractivity contribution in [2.75, 3.05) is 12.3 Å². The van der Waals surface area contributed by atoms with Crippen LogP contribution in [0.4, 0.5) is 5.69 Å². The van der Waals surface area contributed by atoms with Crippen molar-refractivity contribution in [2.24, 2.45) is 5.92 Å². The maximum atomic E-state index is 9.08. The molecule has 4 nitrogen and oxygen atoms in total. The summed E-state index contributed by atoms with van der Waals surface area (Å²) in [5.74, 6) is 1.88. The van der Waals surface area contributed by atoms with Crippen LogP contribution in [-0.2, 0) is 0 Å². The Kier molecular flexibility index (Phi) is 3.29. The van der Waals surface area contributed by atoms with Crippen LogP contribution >= 0.6 is 0 Å². The lowest BCUT2D eigenvalue weighted by atomic mass is 9.83. The van der Waals surface area contributed by atoms with E-state index in [0.717, 1.165) is 30.9 Å². The summed E-state index contributed by atoms with van der Waals surface area (Å²) in [6, 6.07) is 3.86. The van der Waals surface area contributed by atoms with Crippen molar-refractivity contribution in [3.63, 3.8) is 0 Å². The molecule has 1 aliphatic carbocycles. The molecule has 0 amide bonds. The van der Waals surface area contributed by atoms with E-state index in [9.17, 15) is 0 Å². The zero-order valence-electron chi connectivity index (χ0n) is 11.1. The van der Waals surface area contributed by atoms with Gasteiger partial charge in [0, 0.05) is 12.0 Å². The molecule has 0 radical (unpaired) electrons. The highest BCUT2D eigenvalue weighted by Crippen LogP contribution is 2.39. The van der Waals surface area contributed by atoms with Gasteiger partial charge in [0.1, 0.15) is 11.8 Å². The molecule has 1 aliphatic heterocycles. The van der Waals surface area contributed by atoms with Gasteiger partial charge in [0.25, 0.3) is 0 Å². The molecule has 2 atom stereocenters. The number of aromatic nitrogens is 1. The van der Waals surface area contributed by atoms with Crippen molar-refractivity contribution < 1.29 is 4.74 Å². The lowest BCUT2D eigenvalue weighted by molar-refractivity contribution is 0.196. The molecular formula is C15H19N3O. The Morgan fingerprint density at radius 1 is 1.26 bits per heavy atom. The minimum atomic E-state index is 0.335. The maximum Gasteiger partial charge on any atom is 0.163 e. The standard InChI is InChI=1S/C15H19N3O/c16-8-13-12(17)7-14-15(18-13)11-4-2-1-3-10(5-6-11)9-19-14/h7,10-11H,1-6,9,17H2. The number of fused-ring (bicyclic) bond motifs is 5. The van der Waals surface area contributed by atoms with Gasteiger partial charge in [-0.15, -0.1) is 0 Å². The summed E-state index contributed by atoms with van der Waals surface area (Å²) in [5, 5.41) is 9.08. The molecule has 4 heteroatoms. The number of nitrogen functional groups attached to an aromatic ring is 1. The average Bonchev–Trinajstić information content (AvgIpc) is 2.38. The van der Waals surface area contributed by atoms with Crippen LogP contribution in [0.15, 0.2) is 6.07 Å². The highest BCUT2D eigenvalue weighted by atomic mass is 16.5. The highest BCUT2D eigenvalue weighted by molar-refractivity contribution is 5.55. The molecule has 2 unspecified atom stereocenters. The second-order valence-corrected chi connectivity index (χ2v) is 5.66. The quantitative estimate of drug-likeness (QED) is 0.775. The molecule has 0 aromatic carbocycles. The molecule has 3 rings (SSSR count). The van der Waals surface area contributed by atoms with E-state index in [1.54, 1.807) is 6.07 Å². The number of anilines is 1. The van der Waals surface area contributed by atoms with Crippen molar-refractivity contribution in [3.8, 4) is 11.8 Å². The van der Waals surface area contributed by atoms with Crippen LogP contribution in [0, 0.1) is 17.2 Å². The smallest absolute Gasteiger partial charge is 0.163 e. The van der Waals surface area contributed by atoms with Crippen LogP contribution in [-0.4, -0.2) is 11.6 Å².